The molecule has 0 spiro atoms. The van der Waals surface area contributed by atoms with Gasteiger partial charge in [-0.25, -0.2) is 9.59 Å². The summed E-state index contributed by atoms with van der Waals surface area (Å²) in [6.45, 7) is -0.410. The molecule has 27 heavy (non-hydrogen) atoms. The van der Waals surface area contributed by atoms with Crippen molar-refractivity contribution in [3.8, 4) is 5.75 Å². The number of carbonyl (C=O) groups excluding carboxylic acids is 3. The molecule has 0 bridgehead atoms. The van der Waals surface area contributed by atoms with Gasteiger partial charge >= 0.3 is 11.9 Å². The Kier molecular flexibility index (Phi) is 7.14. The number of benzene rings is 2. The van der Waals surface area contributed by atoms with Gasteiger partial charge in [0.25, 0.3) is 0 Å². The number of halogens is 1. The van der Waals surface area contributed by atoms with Crippen LogP contribution in [0.4, 0.5) is 0 Å². The number of Topliss-reactive ketones (excluding diaryl/α,β-unsaturated/α-hetero) is 1. The smallest absolute Gasteiger partial charge is 0.337 e. The average molecular weight is 389 g/mol. The zero-order chi connectivity index (χ0) is 19.8. The van der Waals surface area contributed by atoms with Gasteiger partial charge in [0.15, 0.2) is 12.4 Å². The van der Waals surface area contributed by atoms with Crippen molar-refractivity contribution in [3.63, 3.8) is 0 Å². The summed E-state index contributed by atoms with van der Waals surface area (Å²) in [5.41, 5.74) is 1.41. The second kappa shape index (κ2) is 9.54. The zero-order valence-electron chi connectivity index (χ0n) is 14.7. The first-order chi connectivity index (χ1) is 12.9. The number of ether oxygens (including phenoxy) is 3. The van der Waals surface area contributed by atoms with Crippen molar-refractivity contribution in [1.82, 2.24) is 0 Å². The Morgan fingerprint density at radius 3 is 2.26 bits per heavy atom. The molecule has 0 aromatic heterocycles. The summed E-state index contributed by atoms with van der Waals surface area (Å²) < 4.78 is 14.6. The van der Waals surface area contributed by atoms with Crippen LogP contribution in [-0.2, 0) is 14.3 Å². The minimum absolute atomic E-state index is 0.296. The van der Waals surface area contributed by atoms with Crippen molar-refractivity contribution in [3.05, 3.63) is 70.3 Å². The minimum Gasteiger partial charge on any atom is -0.495 e. The Labute approximate surface area is 161 Å². The highest BCUT2D eigenvalue weighted by Gasteiger charge is 2.11. The third kappa shape index (κ3) is 5.69. The average Bonchev–Trinajstić information content (AvgIpc) is 2.70. The van der Waals surface area contributed by atoms with Crippen molar-refractivity contribution >= 4 is 35.4 Å². The van der Waals surface area contributed by atoms with Gasteiger partial charge in [0.2, 0.25) is 0 Å². The highest BCUT2D eigenvalue weighted by Crippen LogP contribution is 2.25. The highest BCUT2D eigenvalue weighted by atomic mass is 35.5. The second-order valence-electron chi connectivity index (χ2n) is 5.33. The van der Waals surface area contributed by atoms with E-state index in [1.807, 2.05) is 0 Å². The maximum absolute atomic E-state index is 12.1. The molecule has 2 rings (SSSR count). The van der Waals surface area contributed by atoms with E-state index < -0.39 is 18.5 Å². The van der Waals surface area contributed by atoms with Crippen LogP contribution in [0.15, 0.2) is 48.5 Å². The molecule has 0 aliphatic heterocycles. The molecular weight excluding hydrogens is 372 g/mol. The molecule has 0 atom stereocenters. The fraction of sp³-hybridized carbons (Fsp3) is 0.150. The van der Waals surface area contributed by atoms with E-state index in [9.17, 15) is 14.4 Å². The Morgan fingerprint density at radius 1 is 1.00 bits per heavy atom. The van der Waals surface area contributed by atoms with Crippen LogP contribution in [0.1, 0.15) is 26.3 Å². The first-order valence-electron chi connectivity index (χ1n) is 7.84. The third-order valence-electron chi connectivity index (χ3n) is 3.56. The lowest BCUT2D eigenvalue weighted by atomic mass is 10.1. The fourth-order valence-corrected chi connectivity index (χ4v) is 2.38. The van der Waals surface area contributed by atoms with Crippen LogP contribution in [0.5, 0.6) is 5.75 Å². The van der Waals surface area contributed by atoms with Gasteiger partial charge in [-0.05, 0) is 42.0 Å². The van der Waals surface area contributed by atoms with Crippen LogP contribution in [-0.4, -0.2) is 38.5 Å². The first kappa shape index (κ1) is 20.2. The molecule has 0 saturated carbocycles. The van der Waals surface area contributed by atoms with Gasteiger partial charge in [0.1, 0.15) is 5.75 Å². The van der Waals surface area contributed by atoms with Crippen LogP contribution < -0.4 is 4.74 Å². The minimum atomic E-state index is -0.667. The van der Waals surface area contributed by atoms with Gasteiger partial charge in [0.05, 0.1) is 24.8 Å². The fourth-order valence-electron chi connectivity index (χ4n) is 2.12. The SMILES string of the molecule is COC(=O)c1ccc(/C=C/C(=O)OCC(=O)c2ccc(OC)c(Cl)c2)cc1. The standard InChI is InChI=1S/C20H17ClO6/c1-25-18-9-8-15(11-16(18)21)17(22)12-27-19(23)10-5-13-3-6-14(7-4-13)20(24)26-2/h3-11H,12H2,1-2H3/b10-5+. The number of hydrogen-bond donors (Lipinski definition) is 0. The molecule has 0 saturated heterocycles. The van der Waals surface area contributed by atoms with Crippen molar-refractivity contribution in [1.29, 1.82) is 0 Å². The molecule has 140 valence electrons. The summed E-state index contributed by atoms with van der Waals surface area (Å²) in [4.78, 5) is 35.2. The number of hydrogen-bond acceptors (Lipinski definition) is 6. The maximum atomic E-state index is 12.1. The normalized spacial score (nSPS) is 10.5. The van der Waals surface area contributed by atoms with Crippen LogP contribution in [0.3, 0.4) is 0 Å². The lowest BCUT2D eigenvalue weighted by Gasteiger charge is -2.05. The lowest BCUT2D eigenvalue weighted by Crippen LogP contribution is -2.12. The van der Waals surface area contributed by atoms with Gasteiger partial charge in [-0.3, -0.25) is 4.79 Å². The van der Waals surface area contributed by atoms with Gasteiger partial charge < -0.3 is 14.2 Å². The lowest BCUT2D eigenvalue weighted by molar-refractivity contribution is -0.136. The van der Waals surface area contributed by atoms with E-state index in [4.69, 9.17) is 21.1 Å². The molecule has 2 aromatic carbocycles. The Bertz CT molecular complexity index is 871. The summed E-state index contributed by atoms with van der Waals surface area (Å²) in [5.74, 6) is -1.04. The Hall–Kier alpha value is -3.12. The topological polar surface area (TPSA) is 78.9 Å². The predicted octanol–water partition coefficient (Wildman–Crippen LogP) is 3.57. The molecular formula is C20H17ClO6. The summed E-state index contributed by atoms with van der Waals surface area (Å²) in [5, 5.41) is 0.296. The van der Waals surface area contributed by atoms with Crippen LogP contribution >= 0.6 is 11.6 Å². The van der Waals surface area contributed by atoms with Gasteiger partial charge in [0, 0.05) is 11.6 Å². The molecule has 0 aliphatic rings. The first-order valence-corrected chi connectivity index (χ1v) is 8.22. The van der Waals surface area contributed by atoms with Crippen LogP contribution in [0.25, 0.3) is 6.08 Å². The van der Waals surface area contributed by atoms with Gasteiger partial charge in [-0.2, -0.15) is 0 Å². The van der Waals surface area contributed by atoms with Crippen molar-refractivity contribution in [2.24, 2.45) is 0 Å². The van der Waals surface area contributed by atoms with Crippen molar-refractivity contribution in [2.75, 3.05) is 20.8 Å². The summed E-state index contributed by atoms with van der Waals surface area (Å²) in [6, 6.07) is 11.0. The van der Waals surface area contributed by atoms with E-state index in [-0.39, 0.29) is 5.78 Å². The Morgan fingerprint density at radius 2 is 1.67 bits per heavy atom. The van der Waals surface area contributed by atoms with Gasteiger partial charge in [-0.1, -0.05) is 23.7 Å². The molecule has 0 fully saturated rings. The van der Waals surface area contributed by atoms with E-state index >= 15 is 0 Å². The molecule has 0 radical (unpaired) electrons. The quantitative estimate of drug-likeness (QED) is 0.410. The van der Waals surface area contributed by atoms with E-state index in [1.54, 1.807) is 36.4 Å². The largest absolute Gasteiger partial charge is 0.495 e. The van der Waals surface area contributed by atoms with Crippen LogP contribution in [0, 0.1) is 0 Å². The summed E-state index contributed by atoms with van der Waals surface area (Å²) in [6.07, 6.45) is 2.71. The number of ketones is 1. The number of carbonyl (C=O) groups is 3. The third-order valence-corrected chi connectivity index (χ3v) is 3.86. The zero-order valence-corrected chi connectivity index (χ0v) is 15.5. The molecule has 0 unspecified atom stereocenters. The molecule has 0 aliphatic carbocycles. The molecule has 0 heterocycles. The van der Waals surface area contributed by atoms with Crippen LogP contribution in [0.2, 0.25) is 5.02 Å². The Balaban J connectivity index is 1.90. The van der Waals surface area contributed by atoms with E-state index in [0.29, 0.717) is 27.5 Å². The second-order valence-corrected chi connectivity index (χ2v) is 5.73. The van der Waals surface area contributed by atoms with E-state index in [0.717, 1.165) is 0 Å². The number of methoxy groups -OCH3 is 2. The molecule has 2 aromatic rings. The maximum Gasteiger partial charge on any atom is 0.337 e. The van der Waals surface area contributed by atoms with E-state index in [2.05, 4.69) is 4.74 Å². The van der Waals surface area contributed by atoms with Crippen molar-refractivity contribution in [2.45, 2.75) is 0 Å². The monoisotopic (exact) mass is 388 g/mol. The number of esters is 2. The predicted molar refractivity (Wildman–Crippen MR) is 100 cm³/mol. The van der Waals surface area contributed by atoms with Gasteiger partial charge in [-0.15, -0.1) is 0 Å². The number of rotatable bonds is 7. The highest BCUT2D eigenvalue weighted by molar-refractivity contribution is 6.32. The van der Waals surface area contributed by atoms with Crippen molar-refractivity contribution < 1.29 is 28.6 Å². The molecule has 7 heteroatoms. The molecule has 6 nitrogen and oxygen atoms in total. The molecule has 0 amide bonds. The van der Waals surface area contributed by atoms with E-state index in [1.165, 1.54) is 32.4 Å². The molecule has 0 N–H and O–H groups in total. The summed E-state index contributed by atoms with van der Waals surface area (Å²) >= 11 is 5.97. The summed E-state index contributed by atoms with van der Waals surface area (Å²) in [7, 11) is 2.77.